The molecule has 0 radical (unpaired) electrons. The van der Waals surface area contributed by atoms with Crippen LogP contribution in [0.25, 0.3) is 0 Å². The molecule has 1 N–H and O–H groups in total. The molecule has 0 bridgehead atoms. The van der Waals surface area contributed by atoms with Crippen LogP contribution in [0.4, 0.5) is 19.0 Å². The third kappa shape index (κ3) is 3.43. The minimum Gasteiger partial charge on any atom is -0.476 e. The smallest absolute Gasteiger partial charge is 0.389 e. The largest absolute Gasteiger partial charge is 0.476 e. The number of aromatic nitrogens is 2. The number of alkyl halides is 3. The number of carbonyl (C=O) groups is 1. The summed E-state index contributed by atoms with van der Waals surface area (Å²) in [5.74, 6) is -1.28. The van der Waals surface area contributed by atoms with Gasteiger partial charge in [0.15, 0.2) is 5.69 Å². The van der Waals surface area contributed by atoms with E-state index < -0.39 is 24.5 Å². The second kappa shape index (κ2) is 5.50. The first kappa shape index (κ1) is 15.5. The van der Waals surface area contributed by atoms with Crippen LogP contribution in [0.5, 0.6) is 0 Å². The lowest BCUT2D eigenvalue weighted by Gasteiger charge is -2.28. The van der Waals surface area contributed by atoms with Crippen molar-refractivity contribution >= 4 is 11.8 Å². The lowest BCUT2D eigenvalue weighted by molar-refractivity contribution is -0.144. The van der Waals surface area contributed by atoms with Crippen LogP contribution in [-0.2, 0) is 0 Å². The van der Waals surface area contributed by atoms with E-state index in [4.69, 9.17) is 5.11 Å². The molecule has 0 aromatic carbocycles. The molecule has 2 heterocycles. The Morgan fingerprint density at radius 3 is 2.52 bits per heavy atom. The highest BCUT2D eigenvalue weighted by Gasteiger charge is 2.43. The Morgan fingerprint density at radius 2 is 2.05 bits per heavy atom. The van der Waals surface area contributed by atoms with E-state index in [1.54, 1.807) is 11.8 Å². The monoisotopic (exact) mass is 303 g/mol. The lowest BCUT2D eigenvalue weighted by Crippen LogP contribution is -2.36. The van der Waals surface area contributed by atoms with Crippen molar-refractivity contribution in [1.29, 1.82) is 0 Å². The fourth-order valence-corrected chi connectivity index (χ4v) is 2.93. The summed E-state index contributed by atoms with van der Waals surface area (Å²) in [5.41, 5.74) is -0.190. The molecular weight excluding hydrogens is 287 g/mol. The van der Waals surface area contributed by atoms with E-state index in [-0.39, 0.29) is 17.8 Å². The summed E-state index contributed by atoms with van der Waals surface area (Å²) in [6.07, 6.45) is -2.17. The van der Waals surface area contributed by atoms with Crippen molar-refractivity contribution < 1.29 is 23.1 Å². The summed E-state index contributed by atoms with van der Waals surface area (Å²) in [4.78, 5) is 20.3. The van der Waals surface area contributed by atoms with Crippen LogP contribution in [-0.4, -0.2) is 39.3 Å². The summed E-state index contributed by atoms with van der Waals surface area (Å²) in [5, 5.41) is 8.77. The van der Waals surface area contributed by atoms with Crippen LogP contribution in [0.15, 0.2) is 12.4 Å². The van der Waals surface area contributed by atoms with Gasteiger partial charge in [0.05, 0.1) is 12.4 Å². The molecule has 0 amide bonds. The van der Waals surface area contributed by atoms with Crippen LogP contribution in [0.3, 0.4) is 0 Å². The molecule has 8 heteroatoms. The number of carboxylic acids is 1. The predicted molar refractivity (Wildman–Crippen MR) is 69.2 cm³/mol. The third-order valence-corrected chi connectivity index (χ3v) is 3.86. The molecule has 1 unspecified atom stereocenters. The van der Waals surface area contributed by atoms with Gasteiger partial charge in [0, 0.05) is 18.5 Å². The van der Waals surface area contributed by atoms with Gasteiger partial charge in [-0.1, -0.05) is 0 Å². The third-order valence-electron chi connectivity index (χ3n) is 3.86. The van der Waals surface area contributed by atoms with Gasteiger partial charge in [0.25, 0.3) is 0 Å². The number of halogens is 3. The van der Waals surface area contributed by atoms with Gasteiger partial charge < -0.3 is 10.0 Å². The van der Waals surface area contributed by atoms with Gasteiger partial charge in [0.1, 0.15) is 5.82 Å². The number of aromatic carboxylic acids is 1. The Bertz CT molecular complexity index is 518. The predicted octanol–water partition coefficient (Wildman–Crippen LogP) is 2.73. The molecule has 1 fully saturated rings. The molecule has 1 aliphatic rings. The minimum atomic E-state index is -4.19. The first-order chi connectivity index (χ1) is 9.69. The van der Waals surface area contributed by atoms with Crippen LogP contribution >= 0.6 is 0 Å². The average Bonchev–Trinajstić information content (AvgIpc) is 2.62. The van der Waals surface area contributed by atoms with E-state index >= 15 is 0 Å². The number of hydrogen-bond donors (Lipinski definition) is 1. The van der Waals surface area contributed by atoms with E-state index in [2.05, 4.69) is 9.97 Å². The molecule has 5 nitrogen and oxygen atoms in total. The highest BCUT2D eigenvalue weighted by molar-refractivity contribution is 5.84. The van der Waals surface area contributed by atoms with Crippen LogP contribution < -0.4 is 4.90 Å². The van der Waals surface area contributed by atoms with Crippen LogP contribution in [0.2, 0.25) is 0 Å². The standard InChI is InChI=1S/C13H16F3N3O2/c1-7-3-9(4-13(14,15)16)8(2)19(7)11-6-17-10(5-18-11)12(20)21/h5-9H,3-4H2,1-2H3,(H,20,21)/t7-,8+,9?/m0/s1. The molecule has 2 rings (SSSR count). The Morgan fingerprint density at radius 1 is 1.38 bits per heavy atom. The molecule has 116 valence electrons. The number of hydrogen-bond acceptors (Lipinski definition) is 4. The topological polar surface area (TPSA) is 66.3 Å². The Hall–Kier alpha value is -1.86. The summed E-state index contributed by atoms with van der Waals surface area (Å²) in [7, 11) is 0. The molecule has 21 heavy (non-hydrogen) atoms. The van der Waals surface area contributed by atoms with Crippen molar-refractivity contribution in [3.8, 4) is 0 Å². The number of nitrogens with zero attached hydrogens (tertiary/aromatic N) is 3. The summed E-state index contributed by atoms with van der Waals surface area (Å²) in [6.45, 7) is 3.56. The molecule has 0 saturated carbocycles. The SMILES string of the molecule is C[C@@H]1C(CC(F)(F)F)C[C@H](C)N1c1cnc(C(=O)O)cn1. The fraction of sp³-hybridized carbons (Fsp3) is 0.615. The van der Waals surface area contributed by atoms with Gasteiger partial charge >= 0.3 is 12.1 Å². The quantitative estimate of drug-likeness (QED) is 0.930. The summed E-state index contributed by atoms with van der Waals surface area (Å²) >= 11 is 0. The summed E-state index contributed by atoms with van der Waals surface area (Å²) in [6, 6.07) is -0.427. The van der Waals surface area contributed by atoms with E-state index in [9.17, 15) is 18.0 Å². The molecule has 0 aliphatic carbocycles. The van der Waals surface area contributed by atoms with Crippen molar-refractivity contribution in [1.82, 2.24) is 9.97 Å². The second-order valence-corrected chi connectivity index (χ2v) is 5.38. The second-order valence-electron chi connectivity index (χ2n) is 5.38. The van der Waals surface area contributed by atoms with Gasteiger partial charge in [-0.2, -0.15) is 13.2 Å². The molecular formula is C13H16F3N3O2. The van der Waals surface area contributed by atoms with Gasteiger partial charge in [0.2, 0.25) is 0 Å². The van der Waals surface area contributed by atoms with E-state index in [0.717, 1.165) is 6.20 Å². The number of rotatable bonds is 3. The first-order valence-electron chi connectivity index (χ1n) is 6.59. The van der Waals surface area contributed by atoms with E-state index in [0.29, 0.717) is 12.2 Å². The summed E-state index contributed by atoms with van der Waals surface area (Å²) < 4.78 is 37.7. The molecule has 0 spiro atoms. The Balaban J connectivity index is 2.17. The average molecular weight is 303 g/mol. The van der Waals surface area contributed by atoms with Gasteiger partial charge in [-0.25, -0.2) is 14.8 Å². The highest BCUT2D eigenvalue weighted by Crippen LogP contribution is 2.39. The van der Waals surface area contributed by atoms with Gasteiger partial charge in [-0.15, -0.1) is 0 Å². The van der Waals surface area contributed by atoms with Crippen LogP contribution in [0, 0.1) is 5.92 Å². The zero-order chi connectivity index (χ0) is 15.8. The van der Waals surface area contributed by atoms with Crippen LogP contribution in [0.1, 0.15) is 37.2 Å². The zero-order valence-electron chi connectivity index (χ0n) is 11.6. The van der Waals surface area contributed by atoms with Crippen molar-refractivity contribution in [3.63, 3.8) is 0 Å². The van der Waals surface area contributed by atoms with E-state index in [1.165, 1.54) is 6.20 Å². The number of anilines is 1. The normalized spacial score (nSPS) is 26.1. The van der Waals surface area contributed by atoms with Crippen molar-refractivity contribution in [2.24, 2.45) is 5.92 Å². The maximum atomic E-state index is 12.6. The highest BCUT2D eigenvalue weighted by atomic mass is 19.4. The minimum absolute atomic E-state index is 0.0997. The van der Waals surface area contributed by atoms with Gasteiger partial charge in [-0.3, -0.25) is 0 Å². The van der Waals surface area contributed by atoms with Crippen molar-refractivity contribution in [3.05, 3.63) is 18.1 Å². The van der Waals surface area contributed by atoms with E-state index in [1.807, 2.05) is 6.92 Å². The van der Waals surface area contributed by atoms with Crippen molar-refractivity contribution in [2.75, 3.05) is 4.90 Å². The number of carboxylic acid groups (broad SMARTS) is 1. The molecule has 1 saturated heterocycles. The molecule has 3 atom stereocenters. The Labute approximate surface area is 119 Å². The van der Waals surface area contributed by atoms with Gasteiger partial charge in [-0.05, 0) is 26.2 Å². The first-order valence-corrected chi connectivity index (χ1v) is 6.59. The molecule has 1 aromatic rings. The Kier molecular flexibility index (Phi) is 4.06. The molecule has 1 aliphatic heterocycles. The maximum Gasteiger partial charge on any atom is 0.389 e. The molecule has 1 aromatic heterocycles. The fourth-order valence-electron chi connectivity index (χ4n) is 2.93. The zero-order valence-corrected chi connectivity index (χ0v) is 11.6. The maximum absolute atomic E-state index is 12.6. The lowest BCUT2D eigenvalue weighted by atomic mass is 9.96. The van der Waals surface area contributed by atoms with Crippen molar-refractivity contribution in [2.45, 2.75) is 44.9 Å².